The van der Waals surface area contributed by atoms with Gasteiger partial charge in [-0.3, -0.25) is 4.79 Å². The number of nitrogens with zero attached hydrogens (tertiary/aromatic N) is 2. The van der Waals surface area contributed by atoms with E-state index in [1.54, 1.807) is 6.07 Å². The topological polar surface area (TPSA) is 58.4 Å². The van der Waals surface area contributed by atoms with Crippen molar-refractivity contribution in [1.29, 1.82) is 0 Å². The van der Waals surface area contributed by atoms with Crippen molar-refractivity contribution in [2.24, 2.45) is 0 Å². The summed E-state index contributed by atoms with van der Waals surface area (Å²) in [5.74, 6) is 0.725. The maximum Gasteiger partial charge on any atom is 0.226 e. The van der Waals surface area contributed by atoms with Gasteiger partial charge in [0.05, 0.1) is 12.1 Å². The highest BCUT2D eigenvalue weighted by molar-refractivity contribution is 5.77. The Bertz CT molecular complexity index is 334. The second kappa shape index (κ2) is 6.27. The number of aryl methyl sites for hydroxylation is 1. The third-order valence-electron chi connectivity index (χ3n) is 2.12. The van der Waals surface area contributed by atoms with Crippen molar-refractivity contribution in [1.82, 2.24) is 15.4 Å². The molecule has 5 heteroatoms. The van der Waals surface area contributed by atoms with Gasteiger partial charge in [0.1, 0.15) is 5.76 Å². The molecule has 0 unspecified atom stereocenters. The third-order valence-corrected chi connectivity index (χ3v) is 2.12. The van der Waals surface area contributed by atoms with Crippen LogP contribution in [-0.2, 0) is 11.2 Å². The quantitative estimate of drug-likeness (QED) is 0.720. The first-order valence-electron chi connectivity index (χ1n) is 5.41. The van der Waals surface area contributed by atoms with Crippen LogP contribution in [0.5, 0.6) is 0 Å². The van der Waals surface area contributed by atoms with Crippen LogP contribution in [0.2, 0.25) is 0 Å². The molecule has 1 rings (SSSR count). The fraction of sp³-hybridized carbons (Fsp3) is 0.636. The predicted octanol–water partition coefficient (Wildman–Crippen LogP) is 0.593. The molecule has 0 aliphatic heterocycles. The first kappa shape index (κ1) is 12.7. The van der Waals surface area contributed by atoms with Crippen molar-refractivity contribution < 1.29 is 9.32 Å². The summed E-state index contributed by atoms with van der Waals surface area (Å²) in [4.78, 5) is 13.6. The molecule has 0 spiro atoms. The number of rotatable bonds is 6. The number of hydrogen-bond donors (Lipinski definition) is 1. The monoisotopic (exact) mass is 225 g/mol. The lowest BCUT2D eigenvalue weighted by atomic mass is 10.2. The molecule has 90 valence electrons. The van der Waals surface area contributed by atoms with Crippen LogP contribution in [0.4, 0.5) is 0 Å². The number of nitrogens with one attached hydrogen (secondary N) is 1. The van der Waals surface area contributed by atoms with Gasteiger partial charge in [-0.25, -0.2) is 0 Å². The summed E-state index contributed by atoms with van der Waals surface area (Å²) in [7, 11) is 4.03. The molecule has 0 radical (unpaired) electrons. The first-order chi connectivity index (χ1) is 7.58. The summed E-state index contributed by atoms with van der Waals surface area (Å²) >= 11 is 0. The molecule has 1 aromatic heterocycles. The van der Waals surface area contributed by atoms with Gasteiger partial charge in [-0.2, -0.15) is 0 Å². The summed E-state index contributed by atoms with van der Waals surface area (Å²) in [6.07, 6.45) is 1.25. The van der Waals surface area contributed by atoms with Gasteiger partial charge in [0.25, 0.3) is 0 Å². The van der Waals surface area contributed by atoms with E-state index in [0.29, 0.717) is 18.7 Å². The van der Waals surface area contributed by atoms with E-state index in [0.717, 1.165) is 18.7 Å². The van der Waals surface area contributed by atoms with E-state index in [4.69, 9.17) is 4.52 Å². The van der Waals surface area contributed by atoms with Gasteiger partial charge >= 0.3 is 0 Å². The lowest BCUT2D eigenvalue weighted by Gasteiger charge is -2.09. The number of amides is 1. The molecule has 1 N–H and O–H groups in total. The molecule has 0 atom stereocenters. The molecule has 0 saturated heterocycles. The smallest absolute Gasteiger partial charge is 0.226 e. The minimum atomic E-state index is -0.00736. The molecular weight excluding hydrogens is 206 g/mol. The molecule has 16 heavy (non-hydrogen) atoms. The summed E-state index contributed by atoms with van der Waals surface area (Å²) in [5.41, 5.74) is 0.683. The van der Waals surface area contributed by atoms with Crippen LogP contribution in [-0.4, -0.2) is 43.1 Å². The van der Waals surface area contributed by atoms with Crippen LogP contribution in [0, 0.1) is 6.92 Å². The molecule has 0 aliphatic carbocycles. The molecule has 0 aromatic carbocycles. The van der Waals surface area contributed by atoms with E-state index in [1.165, 1.54) is 0 Å². The van der Waals surface area contributed by atoms with Gasteiger partial charge in [0, 0.05) is 12.6 Å². The second-order valence-corrected chi connectivity index (χ2v) is 4.11. The van der Waals surface area contributed by atoms with E-state index >= 15 is 0 Å². The standard InChI is InChI=1S/C11H19N3O2/c1-9-7-10(13-16-9)8-11(15)12-5-4-6-14(2)3/h7H,4-6,8H2,1-3H3,(H,12,15). The van der Waals surface area contributed by atoms with E-state index in [1.807, 2.05) is 21.0 Å². The maximum absolute atomic E-state index is 11.5. The maximum atomic E-state index is 11.5. The minimum Gasteiger partial charge on any atom is -0.361 e. The van der Waals surface area contributed by atoms with Gasteiger partial charge in [0.2, 0.25) is 5.91 Å². The Morgan fingerprint density at radius 1 is 1.56 bits per heavy atom. The zero-order valence-corrected chi connectivity index (χ0v) is 10.1. The normalized spacial score (nSPS) is 10.8. The molecule has 0 aliphatic rings. The fourth-order valence-corrected chi connectivity index (χ4v) is 1.35. The van der Waals surface area contributed by atoms with Crippen molar-refractivity contribution in [3.05, 3.63) is 17.5 Å². The van der Waals surface area contributed by atoms with Gasteiger partial charge < -0.3 is 14.7 Å². The number of carbonyl (C=O) groups is 1. The minimum absolute atomic E-state index is 0.00736. The summed E-state index contributed by atoms with van der Waals surface area (Å²) in [6.45, 7) is 3.49. The number of carbonyl (C=O) groups excluding carboxylic acids is 1. The molecule has 1 heterocycles. The van der Waals surface area contributed by atoms with E-state index in [-0.39, 0.29) is 5.91 Å². The fourth-order valence-electron chi connectivity index (χ4n) is 1.35. The number of aromatic nitrogens is 1. The Morgan fingerprint density at radius 2 is 2.31 bits per heavy atom. The van der Waals surface area contributed by atoms with Crippen LogP contribution in [0.3, 0.4) is 0 Å². The lowest BCUT2D eigenvalue weighted by Crippen LogP contribution is -2.28. The van der Waals surface area contributed by atoms with Gasteiger partial charge in [-0.15, -0.1) is 0 Å². The predicted molar refractivity (Wildman–Crippen MR) is 61.1 cm³/mol. The van der Waals surface area contributed by atoms with Crippen LogP contribution in [0.15, 0.2) is 10.6 Å². The zero-order chi connectivity index (χ0) is 12.0. The average Bonchev–Trinajstić information content (AvgIpc) is 2.58. The van der Waals surface area contributed by atoms with Gasteiger partial charge in [-0.1, -0.05) is 5.16 Å². The van der Waals surface area contributed by atoms with Crippen LogP contribution in [0.1, 0.15) is 17.9 Å². The highest BCUT2D eigenvalue weighted by atomic mass is 16.5. The second-order valence-electron chi connectivity index (χ2n) is 4.11. The molecular formula is C11H19N3O2. The molecule has 0 fully saturated rings. The SMILES string of the molecule is Cc1cc(CC(=O)NCCCN(C)C)no1. The highest BCUT2D eigenvalue weighted by Crippen LogP contribution is 2.01. The summed E-state index contributed by atoms with van der Waals surface area (Å²) < 4.78 is 4.89. The highest BCUT2D eigenvalue weighted by Gasteiger charge is 2.06. The lowest BCUT2D eigenvalue weighted by molar-refractivity contribution is -0.120. The Kier molecular flexibility index (Phi) is 4.98. The molecule has 0 saturated carbocycles. The van der Waals surface area contributed by atoms with E-state index < -0.39 is 0 Å². The number of hydrogen-bond acceptors (Lipinski definition) is 4. The average molecular weight is 225 g/mol. The van der Waals surface area contributed by atoms with Gasteiger partial charge in [0.15, 0.2) is 0 Å². The van der Waals surface area contributed by atoms with Crippen LogP contribution >= 0.6 is 0 Å². The van der Waals surface area contributed by atoms with Crippen molar-refractivity contribution in [2.75, 3.05) is 27.2 Å². The van der Waals surface area contributed by atoms with Gasteiger partial charge in [-0.05, 0) is 34.0 Å². The first-order valence-corrected chi connectivity index (χ1v) is 5.41. The third kappa shape index (κ3) is 4.93. The van der Waals surface area contributed by atoms with Crippen LogP contribution in [0.25, 0.3) is 0 Å². The largest absolute Gasteiger partial charge is 0.361 e. The van der Waals surface area contributed by atoms with Crippen molar-refractivity contribution in [3.63, 3.8) is 0 Å². The van der Waals surface area contributed by atoms with Crippen molar-refractivity contribution in [3.8, 4) is 0 Å². The van der Waals surface area contributed by atoms with E-state index in [9.17, 15) is 4.79 Å². The van der Waals surface area contributed by atoms with Crippen LogP contribution < -0.4 is 5.32 Å². The van der Waals surface area contributed by atoms with Crippen molar-refractivity contribution >= 4 is 5.91 Å². The Morgan fingerprint density at radius 3 is 2.88 bits per heavy atom. The van der Waals surface area contributed by atoms with Crippen molar-refractivity contribution in [2.45, 2.75) is 19.8 Å². The molecule has 1 aromatic rings. The Labute approximate surface area is 95.8 Å². The Hall–Kier alpha value is -1.36. The molecule has 1 amide bonds. The molecule has 0 bridgehead atoms. The Balaban J connectivity index is 2.16. The summed E-state index contributed by atoms with van der Waals surface area (Å²) in [6, 6.07) is 1.78. The summed E-state index contributed by atoms with van der Waals surface area (Å²) in [5, 5.41) is 6.62. The molecule has 5 nitrogen and oxygen atoms in total. The zero-order valence-electron chi connectivity index (χ0n) is 10.1. The van der Waals surface area contributed by atoms with E-state index in [2.05, 4.69) is 15.4 Å².